The first-order valence-electron chi connectivity index (χ1n) is 10.6. The summed E-state index contributed by atoms with van der Waals surface area (Å²) in [5, 5.41) is 11.1. The molecule has 0 fully saturated rings. The third-order valence-electron chi connectivity index (χ3n) is 5.33. The zero-order valence-corrected chi connectivity index (χ0v) is 17.9. The van der Waals surface area contributed by atoms with Gasteiger partial charge in [0.05, 0.1) is 28.2 Å². The Morgan fingerprint density at radius 2 is 1.24 bits per heavy atom. The van der Waals surface area contributed by atoms with Gasteiger partial charge in [0, 0.05) is 11.3 Å². The van der Waals surface area contributed by atoms with Crippen molar-refractivity contribution in [2.45, 2.75) is 0 Å². The lowest BCUT2D eigenvalue weighted by Crippen LogP contribution is -2.29. The van der Waals surface area contributed by atoms with Crippen LogP contribution in [0, 0.1) is 0 Å². The van der Waals surface area contributed by atoms with Crippen molar-refractivity contribution < 1.29 is 14.4 Å². The second-order valence-corrected chi connectivity index (χ2v) is 7.58. The maximum atomic E-state index is 13.1. The highest BCUT2D eigenvalue weighted by Gasteiger charge is 2.37. The number of para-hydroxylation sites is 1. The molecule has 0 aromatic heterocycles. The fourth-order valence-corrected chi connectivity index (χ4v) is 3.62. The van der Waals surface area contributed by atoms with E-state index in [0.29, 0.717) is 22.6 Å². The van der Waals surface area contributed by atoms with Crippen LogP contribution < -0.4 is 10.2 Å². The van der Waals surface area contributed by atoms with Crippen molar-refractivity contribution in [2.24, 2.45) is 10.2 Å². The van der Waals surface area contributed by atoms with Gasteiger partial charge in [0.2, 0.25) is 0 Å². The first kappa shape index (κ1) is 21.0. The van der Waals surface area contributed by atoms with Crippen LogP contribution >= 0.6 is 0 Å². The molecule has 0 aliphatic carbocycles. The Hall–Kier alpha value is -4.91. The number of azo groups is 1. The van der Waals surface area contributed by atoms with Crippen LogP contribution in [-0.4, -0.2) is 17.7 Å². The van der Waals surface area contributed by atoms with Gasteiger partial charge in [-0.25, -0.2) is 4.90 Å². The minimum atomic E-state index is -0.479. The summed E-state index contributed by atoms with van der Waals surface area (Å²) in [6.45, 7) is 0. The van der Waals surface area contributed by atoms with E-state index in [0.717, 1.165) is 10.6 Å². The molecule has 0 saturated carbocycles. The molecule has 0 radical (unpaired) electrons. The third-order valence-corrected chi connectivity index (χ3v) is 5.33. The van der Waals surface area contributed by atoms with Gasteiger partial charge in [-0.2, -0.15) is 10.2 Å². The van der Waals surface area contributed by atoms with Gasteiger partial charge in [-0.05, 0) is 66.7 Å². The molecule has 0 saturated heterocycles. The van der Waals surface area contributed by atoms with Gasteiger partial charge < -0.3 is 5.32 Å². The number of anilines is 2. The van der Waals surface area contributed by atoms with Crippen molar-refractivity contribution >= 4 is 40.5 Å². The molecule has 0 bridgehead atoms. The fraction of sp³-hybridized carbons (Fsp3) is 0. The second kappa shape index (κ2) is 8.91. The maximum Gasteiger partial charge on any atom is 0.266 e. The van der Waals surface area contributed by atoms with Crippen LogP contribution in [0.4, 0.5) is 22.7 Å². The van der Waals surface area contributed by atoms with Gasteiger partial charge in [-0.1, -0.05) is 36.4 Å². The van der Waals surface area contributed by atoms with Crippen molar-refractivity contribution in [1.29, 1.82) is 0 Å². The predicted molar refractivity (Wildman–Crippen MR) is 129 cm³/mol. The van der Waals surface area contributed by atoms with Gasteiger partial charge in [-0.15, -0.1) is 0 Å². The van der Waals surface area contributed by atoms with Crippen molar-refractivity contribution in [3.05, 3.63) is 120 Å². The van der Waals surface area contributed by atoms with Crippen LogP contribution in [-0.2, 0) is 0 Å². The smallest absolute Gasteiger partial charge is 0.266 e. The van der Waals surface area contributed by atoms with E-state index >= 15 is 0 Å². The molecular weight excluding hydrogens is 428 g/mol. The number of rotatable bonds is 5. The highest BCUT2D eigenvalue weighted by Crippen LogP contribution is 2.31. The Morgan fingerprint density at radius 1 is 0.647 bits per heavy atom. The van der Waals surface area contributed by atoms with Crippen molar-refractivity contribution in [3.63, 3.8) is 0 Å². The molecule has 0 unspecified atom stereocenters. The lowest BCUT2D eigenvalue weighted by Gasteiger charge is -2.13. The minimum Gasteiger partial charge on any atom is -0.322 e. The topological polar surface area (TPSA) is 91.2 Å². The number of nitrogens with one attached hydrogen (secondary N) is 1. The molecular formula is C27H18N4O3. The first-order chi connectivity index (χ1) is 16.6. The summed E-state index contributed by atoms with van der Waals surface area (Å²) in [5.74, 6) is -1.28. The average Bonchev–Trinajstić information content (AvgIpc) is 3.13. The van der Waals surface area contributed by atoms with Crippen LogP contribution in [0.25, 0.3) is 0 Å². The number of benzene rings is 4. The van der Waals surface area contributed by atoms with Crippen LogP contribution in [0.15, 0.2) is 113 Å². The largest absolute Gasteiger partial charge is 0.322 e. The Labute approximate surface area is 195 Å². The molecule has 1 heterocycles. The van der Waals surface area contributed by atoms with Crippen molar-refractivity contribution in [3.8, 4) is 0 Å². The summed E-state index contributed by atoms with van der Waals surface area (Å²) in [7, 11) is 0. The molecule has 5 rings (SSSR count). The number of hydrogen-bond donors (Lipinski definition) is 1. The SMILES string of the molecule is O=C(Nc1ccccc1)c1ccc2c(c1)C(=O)N(c1ccc(N=Nc3ccccc3)cc1)C2=O. The van der Waals surface area contributed by atoms with E-state index in [1.54, 1.807) is 42.5 Å². The number of carbonyl (C=O) groups excluding carboxylic acids is 3. The molecule has 1 N–H and O–H groups in total. The summed E-state index contributed by atoms with van der Waals surface area (Å²) in [4.78, 5) is 39.7. The Bertz CT molecular complexity index is 1420. The number of carbonyl (C=O) groups is 3. The van der Waals surface area contributed by atoms with Crippen LogP contribution in [0.1, 0.15) is 31.1 Å². The molecule has 4 aromatic carbocycles. The lowest BCUT2D eigenvalue weighted by molar-refractivity contribution is 0.0925. The Morgan fingerprint density at radius 3 is 1.91 bits per heavy atom. The van der Waals surface area contributed by atoms with E-state index in [2.05, 4.69) is 15.5 Å². The van der Waals surface area contributed by atoms with Gasteiger partial charge >= 0.3 is 0 Å². The predicted octanol–water partition coefficient (Wildman–Crippen LogP) is 6.15. The summed E-state index contributed by atoms with van der Waals surface area (Å²) in [6, 6.07) is 29.5. The van der Waals surface area contributed by atoms with Gasteiger partial charge in [0.15, 0.2) is 0 Å². The molecule has 0 atom stereocenters. The van der Waals surface area contributed by atoms with Crippen molar-refractivity contribution in [1.82, 2.24) is 0 Å². The Kier molecular flexibility index (Phi) is 5.50. The summed E-state index contributed by atoms with van der Waals surface area (Å²) in [5.41, 5.74) is 3.11. The van der Waals surface area contributed by atoms with Crippen LogP contribution in [0.5, 0.6) is 0 Å². The van der Waals surface area contributed by atoms with Crippen LogP contribution in [0.2, 0.25) is 0 Å². The van der Waals surface area contributed by atoms with Crippen molar-refractivity contribution in [2.75, 3.05) is 10.2 Å². The Balaban J connectivity index is 1.35. The molecule has 3 amide bonds. The quantitative estimate of drug-likeness (QED) is 0.294. The maximum absolute atomic E-state index is 13.1. The monoisotopic (exact) mass is 446 g/mol. The standard InChI is InChI=1S/C27H18N4O3/c32-25(28-19-7-3-1-4-8-19)18-11-16-23-24(17-18)27(34)31(26(23)33)22-14-12-21(13-15-22)30-29-20-9-5-2-6-10-20/h1-17H,(H,28,32). The van der Waals surface area contributed by atoms with E-state index in [4.69, 9.17) is 0 Å². The van der Waals surface area contributed by atoms with E-state index in [1.165, 1.54) is 12.1 Å². The highest BCUT2D eigenvalue weighted by molar-refractivity contribution is 6.34. The number of nitrogens with zero attached hydrogens (tertiary/aromatic N) is 3. The zero-order chi connectivity index (χ0) is 23.5. The summed E-state index contributed by atoms with van der Waals surface area (Å²) in [6.07, 6.45) is 0. The lowest BCUT2D eigenvalue weighted by atomic mass is 10.1. The molecule has 164 valence electrons. The molecule has 34 heavy (non-hydrogen) atoms. The molecule has 4 aromatic rings. The van der Waals surface area contributed by atoms with E-state index in [9.17, 15) is 14.4 Å². The third kappa shape index (κ3) is 4.10. The summed E-state index contributed by atoms with van der Waals surface area (Å²) >= 11 is 0. The van der Waals surface area contributed by atoms with Gasteiger partial charge in [0.1, 0.15) is 0 Å². The fourth-order valence-electron chi connectivity index (χ4n) is 3.62. The average molecular weight is 446 g/mol. The minimum absolute atomic E-state index is 0.193. The number of imide groups is 1. The highest BCUT2D eigenvalue weighted by atomic mass is 16.2. The molecule has 1 aliphatic heterocycles. The normalized spacial score (nSPS) is 12.8. The number of fused-ring (bicyclic) bond motifs is 1. The molecule has 1 aliphatic rings. The zero-order valence-electron chi connectivity index (χ0n) is 17.9. The molecule has 7 nitrogen and oxygen atoms in total. The second-order valence-electron chi connectivity index (χ2n) is 7.58. The van der Waals surface area contributed by atoms with E-state index < -0.39 is 11.8 Å². The summed E-state index contributed by atoms with van der Waals surface area (Å²) < 4.78 is 0. The van der Waals surface area contributed by atoms with Gasteiger partial charge in [0.25, 0.3) is 17.7 Å². The first-order valence-corrected chi connectivity index (χ1v) is 10.6. The van der Waals surface area contributed by atoms with E-state index in [1.807, 2.05) is 48.5 Å². The number of hydrogen-bond acceptors (Lipinski definition) is 5. The molecule has 0 spiro atoms. The number of amides is 3. The van der Waals surface area contributed by atoms with E-state index in [-0.39, 0.29) is 17.0 Å². The van der Waals surface area contributed by atoms with Crippen LogP contribution in [0.3, 0.4) is 0 Å². The van der Waals surface area contributed by atoms with Gasteiger partial charge in [-0.3, -0.25) is 14.4 Å². The molecule has 7 heteroatoms.